The lowest BCUT2D eigenvalue weighted by Crippen LogP contribution is -2.01. The van der Waals surface area contributed by atoms with Crippen LogP contribution in [0.25, 0.3) is 44.1 Å². The first-order chi connectivity index (χ1) is 40.4. The molecule has 11 aromatic rings. The van der Waals surface area contributed by atoms with Crippen molar-refractivity contribution in [3.8, 4) is 0 Å². The average molecular weight is 1190 g/mol. The zero-order valence-corrected chi connectivity index (χ0v) is 59.9. The van der Waals surface area contributed by atoms with E-state index in [1.807, 2.05) is 102 Å². The smallest absolute Gasteiger partial charge is 0.191 e. The molecule has 0 aliphatic carbocycles. The zero-order chi connectivity index (χ0) is 65.9. The predicted octanol–water partition coefficient (Wildman–Crippen LogP) is 17.7. The van der Waals surface area contributed by atoms with Gasteiger partial charge in [0.1, 0.15) is 23.2 Å². The number of imidazole rings is 1. The molecule has 14 nitrogen and oxygen atoms in total. The van der Waals surface area contributed by atoms with Crippen LogP contribution in [0.5, 0.6) is 0 Å². The van der Waals surface area contributed by atoms with Crippen LogP contribution in [0.15, 0.2) is 4.42 Å². The predicted molar refractivity (Wildman–Crippen MR) is 366 cm³/mol. The lowest BCUT2D eigenvalue weighted by atomic mass is 9.97. The van der Waals surface area contributed by atoms with Crippen LogP contribution >= 0.6 is 11.3 Å². The topological polar surface area (TPSA) is 165 Å². The molecule has 87 heavy (non-hydrogen) atoms. The molecule has 464 valence electrons. The Kier molecular flexibility index (Phi) is 22.9. The number of oxazole rings is 1. The molecule has 0 saturated carbocycles. The largest absolute Gasteiger partial charge is 0.446 e. The number of fused-ring (bicyclic) bond motifs is 4. The van der Waals surface area contributed by atoms with Crippen molar-refractivity contribution in [3.05, 3.63) is 174 Å². The van der Waals surface area contributed by atoms with Gasteiger partial charge >= 0.3 is 0 Å². The van der Waals surface area contributed by atoms with E-state index in [4.69, 9.17) is 4.42 Å². The van der Waals surface area contributed by atoms with Gasteiger partial charge in [0.05, 0.1) is 94.7 Å². The van der Waals surface area contributed by atoms with Crippen molar-refractivity contribution in [2.24, 2.45) is 14.1 Å². The van der Waals surface area contributed by atoms with E-state index in [1.54, 1.807) is 11.3 Å². The van der Waals surface area contributed by atoms with Gasteiger partial charge in [-0.25, -0.2) is 44.9 Å². The van der Waals surface area contributed by atoms with Crippen LogP contribution in [-0.4, -0.2) is 64.2 Å². The normalized spacial score (nSPS) is 10.8. The molecule has 11 rings (SSSR count). The number of hydrogen-bond donors (Lipinski definition) is 0. The Balaban J connectivity index is 0.000000189. The van der Waals surface area contributed by atoms with Crippen LogP contribution in [0.4, 0.5) is 0 Å². The van der Waals surface area contributed by atoms with Crippen molar-refractivity contribution in [2.45, 2.75) is 215 Å². The molecule has 0 saturated heterocycles. The lowest BCUT2D eigenvalue weighted by Gasteiger charge is -2.13. The fraction of sp³-hybridized carbons (Fsp3) is 0.458. The van der Waals surface area contributed by atoms with Crippen molar-refractivity contribution in [1.82, 2.24) is 64.2 Å². The molecule has 4 aromatic carbocycles. The maximum absolute atomic E-state index is 5.10. The van der Waals surface area contributed by atoms with E-state index in [9.17, 15) is 0 Å². The Morgan fingerprint density at radius 2 is 0.529 bits per heavy atom. The summed E-state index contributed by atoms with van der Waals surface area (Å²) in [7, 11) is 4.04. The van der Waals surface area contributed by atoms with Crippen molar-refractivity contribution < 1.29 is 4.42 Å². The Labute approximate surface area is 523 Å². The average Bonchev–Trinajstić information content (AvgIpc) is 2.03. The summed E-state index contributed by atoms with van der Waals surface area (Å²) in [5.41, 5.74) is 38.1. The molecule has 0 aliphatic rings. The number of rotatable bonds is 0. The van der Waals surface area contributed by atoms with E-state index in [2.05, 4.69) is 191 Å². The molecule has 7 heterocycles. The summed E-state index contributed by atoms with van der Waals surface area (Å²) in [6.07, 6.45) is 0. The quantitative estimate of drug-likeness (QED) is 0.141. The number of aryl methyl sites for hydroxylation is 24. The Hall–Kier alpha value is -7.65. The number of thiazole rings is 1. The summed E-state index contributed by atoms with van der Waals surface area (Å²) in [4.78, 5) is 42.3. The molecule has 0 unspecified atom stereocenters. The SMILES string of the molecule is Cc1c(C)c(C)c2c(nc(C)n2C)c1C.Cc1nc(C)c(C)o1.Cc1nc(C)c(C)s1.Cc1nc2c(C)c(C)c(C)c(C)c2nc1C.Cc1nc2c(C)c(C)c(C)c(C)c2nc1C.Cc1nc2c(C)c(C)c(C)c(C)c2nc1C.Cc1nnc(C)n1C. The van der Waals surface area contributed by atoms with E-state index in [0.29, 0.717) is 0 Å². The van der Waals surface area contributed by atoms with Gasteiger partial charge in [-0.1, -0.05) is 0 Å². The monoisotopic (exact) mass is 1190 g/mol. The Bertz CT molecular complexity index is 3860. The molecule has 0 amide bonds. The van der Waals surface area contributed by atoms with E-state index in [-0.39, 0.29) is 0 Å². The van der Waals surface area contributed by atoms with Crippen molar-refractivity contribution in [1.29, 1.82) is 0 Å². The second-order valence-corrected chi connectivity index (χ2v) is 25.2. The van der Waals surface area contributed by atoms with Gasteiger partial charge in [-0.05, 0) is 297 Å². The lowest BCUT2D eigenvalue weighted by molar-refractivity contribution is 0.493. The van der Waals surface area contributed by atoms with E-state index in [1.165, 1.54) is 110 Å². The van der Waals surface area contributed by atoms with E-state index < -0.39 is 0 Å². The molecule has 0 N–H and O–H groups in total. The molecule has 0 radical (unpaired) electrons. The molecular formula is C72H99N13OS. The third-order valence-electron chi connectivity index (χ3n) is 18.4. The van der Waals surface area contributed by atoms with Gasteiger partial charge < -0.3 is 13.6 Å². The number of aromatic nitrogens is 13. The highest BCUT2D eigenvalue weighted by Crippen LogP contribution is 2.31. The fourth-order valence-corrected chi connectivity index (χ4v) is 10.9. The highest BCUT2D eigenvalue weighted by Gasteiger charge is 2.17. The first kappa shape index (κ1) is 70.1. The minimum absolute atomic E-state index is 0.750. The van der Waals surface area contributed by atoms with Crippen molar-refractivity contribution >= 4 is 55.5 Å². The molecule has 0 bridgehead atoms. The zero-order valence-electron chi connectivity index (χ0n) is 59.1. The number of hydrogen-bond acceptors (Lipinski definition) is 13. The first-order valence-electron chi connectivity index (χ1n) is 30.0. The molecule has 0 atom stereocenters. The molecular weight excluding hydrogens is 1090 g/mol. The number of benzene rings is 4. The maximum Gasteiger partial charge on any atom is 0.191 e. The Morgan fingerprint density at radius 3 is 0.713 bits per heavy atom. The Morgan fingerprint density at radius 1 is 0.253 bits per heavy atom. The van der Waals surface area contributed by atoms with E-state index in [0.717, 1.165) is 108 Å². The summed E-state index contributed by atoms with van der Waals surface area (Å²) >= 11 is 1.76. The van der Waals surface area contributed by atoms with Crippen molar-refractivity contribution in [3.63, 3.8) is 0 Å². The number of nitrogens with zero attached hydrogens (tertiary/aromatic N) is 13. The maximum atomic E-state index is 5.10. The molecule has 0 aliphatic heterocycles. The van der Waals surface area contributed by atoms with Gasteiger partial charge in [0.15, 0.2) is 5.89 Å². The van der Waals surface area contributed by atoms with Crippen LogP contribution < -0.4 is 0 Å². The van der Waals surface area contributed by atoms with Crippen LogP contribution in [0.1, 0.15) is 174 Å². The van der Waals surface area contributed by atoms with Gasteiger partial charge in [0.25, 0.3) is 0 Å². The first-order valence-corrected chi connectivity index (χ1v) is 30.8. The molecule has 0 spiro atoms. The van der Waals surface area contributed by atoms with Gasteiger partial charge in [0, 0.05) is 25.9 Å². The molecule has 0 fully saturated rings. The minimum Gasteiger partial charge on any atom is -0.446 e. The summed E-state index contributed by atoms with van der Waals surface area (Å²) in [6, 6.07) is 0. The van der Waals surface area contributed by atoms with E-state index >= 15 is 0 Å². The van der Waals surface area contributed by atoms with Gasteiger partial charge in [-0.15, -0.1) is 21.5 Å². The fourth-order valence-electron chi connectivity index (χ4n) is 10.1. The third kappa shape index (κ3) is 15.2. The molecule has 15 heteroatoms. The minimum atomic E-state index is 0.750. The highest BCUT2D eigenvalue weighted by molar-refractivity contribution is 7.11. The van der Waals surface area contributed by atoms with Crippen LogP contribution in [0.2, 0.25) is 0 Å². The van der Waals surface area contributed by atoms with Crippen molar-refractivity contribution in [2.75, 3.05) is 0 Å². The standard InChI is InChI=1S/3C14H18N2.C13H18N2.C6H9NO.C6H9NS.C5H9N3/c3*1-7-8(2)10(4)14-13(9(7)3)15-11(5)12(6)16-14;1-7-8(2)10(4)13-12(9(7)3)14-11(5)15(13)6;2*1-4-5(2)8-6(3)7-4;1-4-6-7-5(2)8(4)3/h3*1-6H3;1-6H3;3*1-3H3. The highest BCUT2D eigenvalue weighted by atomic mass is 32.1. The summed E-state index contributed by atoms with van der Waals surface area (Å²) in [6.45, 7) is 64.4. The second kappa shape index (κ2) is 28.5. The van der Waals surface area contributed by atoms with Gasteiger partial charge in [-0.3, -0.25) is 0 Å². The summed E-state index contributed by atoms with van der Waals surface area (Å²) < 4.78 is 9.23. The summed E-state index contributed by atoms with van der Waals surface area (Å²) in [5.74, 6) is 4.67. The van der Waals surface area contributed by atoms with Crippen LogP contribution in [0, 0.1) is 215 Å². The van der Waals surface area contributed by atoms with Crippen LogP contribution in [-0.2, 0) is 14.1 Å². The van der Waals surface area contributed by atoms with Crippen LogP contribution in [0.3, 0.4) is 0 Å². The molecule has 7 aromatic heterocycles. The third-order valence-corrected chi connectivity index (χ3v) is 19.4. The van der Waals surface area contributed by atoms with Gasteiger partial charge in [-0.2, -0.15) is 0 Å². The summed E-state index contributed by atoms with van der Waals surface area (Å²) in [5, 5.41) is 8.82. The van der Waals surface area contributed by atoms with Gasteiger partial charge in [0.2, 0.25) is 0 Å². The second-order valence-electron chi connectivity index (χ2n) is 23.8.